The number of thioether (sulfide) groups is 2. The zero-order chi connectivity index (χ0) is 14.8. The highest BCUT2D eigenvalue weighted by molar-refractivity contribution is 7.99. The Morgan fingerprint density at radius 2 is 2.29 bits per heavy atom. The van der Waals surface area contributed by atoms with Crippen molar-refractivity contribution in [1.82, 2.24) is 20.2 Å². The lowest BCUT2D eigenvalue weighted by molar-refractivity contribution is -0.113. The normalized spacial score (nSPS) is 13.2. The molecule has 0 saturated heterocycles. The van der Waals surface area contributed by atoms with Crippen molar-refractivity contribution in [3.8, 4) is 0 Å². The number of amides is 1. The number of carbonyl (C=O) groups is 1. The summed E-state index contributed by atoms with van der Waals surface area (Å²) in [6, 6.07) is 0. The van der Waals surface area contributed by atoms with E-state index in [0.29, 0.717) is 16.0 Å². The van der Waals surface area contributed by atoms with Gasteiger partial charge in [0.05, 0.1) is 11.4 Å². The molecular weight excluding hydrogens is 330 g/mol. The van der Waals surface area contributed by atoms with Gasteiger partial charge in [0, 0.05) is 17.1 Å². The van der Waals surface area contributed by atoms with Gasteiger partial charge >= 0.3 is 0 Å². The summed E-state index contributed by atoms with van der Waals surface area (Å²) in [7, 11) is 0. The van der Waals surface area contributed by atoms with E-state index in [1.807, 2.05) is 6.92 Å². The van der Waals surface area contributed by atoms with Crippen molar-refractivity contribution in [2.24, 2.45) is 0 Å². The van der Waals surface area contributed by atoms with E-state index < -0.39 is 0 Å². The molecule has 2 aromatic rings. The molecule has 0 bridgehead atoms. The van der Waals surface area contributed by atoms with Gasteiger partial charge in [-0.15, -0.1) is 10.2 Å². The zero-order valence-electron chi connectivity index (χ0n) is 11.0. The number of hydrogen-bond acceptors (Lipinski definition) is 8. The van der Waals surface area contributed by atoms with Crippen LogP contribution in [0.15, 0.2) is 9.95 Å². The summed E-state index contributed by atoms with van der Waals surface area (Å²) in [6.07, 6.45) is 0. The zero-order valence-corrected chi connectivity index (χ0v) is 13.5. The number of fused-ring (bicyclic) bond motifs is 1. The van der Waals surface area contributed by atoms with Crippen LogP contribution in [0.2, 0.25) is 0 Å². The minimum absolute atomic E-state index is 0.104. The number of aryl methyl sites for hydroxylation is 1. The molecule has 0 spiro atoms. The van der Waals surface area contributed by atoms with Crippen LogP contribution in [0, 0.1) is 6.92 Å². The van der Waals surface area contributed by atoms with Gasteiger partial charge < -0.3 is 4.98 Å². The van der Waals surface area contributed by atoms with Crippen molar-refractivity contribution in [2.75, 3.05) is 11.1 Å². The molecule has 3 heterocycles. The van der Waals surface area contributed by atoms with E-state index in [2.05, 4.69) is 25.5 Å². The first kappa shape index (κ1) is 14.5. The van der Waals surface area contributed by atoms with Crippen molar-refractivity contribution in [1.29, 1.82) is 0 Å². The number of nitrogens with zero attached hydrogens (tertiary/aromatic N) is 3. The molecular formula is C11H11N5O2S3. The van der Waals surface area contributed by atoms with Crippen LogP contribution in [-0.4, -0.2) is 31.8 Å². The highest BCUT2D eigenvalue weighted by atomic mass is 32.2. The van der Waals surface area contributed by atoms with E-state index in [9.17, 15) is 9.59 Å². The van der Waals surface area contributed by atoms with Crippen LogP contribution in [0.5, 0.6) is 0 Å². The van der Waals surface area contributed by atoms with Gasteiger partial charge in [0.15, 0.2) is 5.16 Å². The summed E-state index contributed by atoms with van der Waals surface area (Å²) >= 11 is 4.19. The molecule has 0 unspecified atom stereocenters. The van der Waals surface area contributed by atoms with Gasteiger partial charge in [-0.3, -0.25) is 14.9 Å². The minimum Gasteiger partial charge on any atom is -0.301 e. The van der Waals surface area contributed by atoms with E-state index in [0.717, 1.165) is 22.0 Å². The number of rotatable bonds is 4. The topological polar surface area (TPSA) is 101 Å². The molecule has 1 aliphatic heterocycles. The third kappa shape index (κ3) is 3.44. The first-order valence-corrected chi connectivity index (χ1v) is 9.00. The maximum atomic E-state index is 11.8. The number of aromatic amines is 1. The number of nitrogens with one attached hydrogen (secondary N) is 2. The Hall–Kier alpha value is -1.39. The van der Waals surface area contributed by atoms with Crippen molar-refractivity contribution in [2.45, 2.75) is 23.6 Å². The first-order chi connectivity index (χ1) is 10.1. The molecule has 0 fully saturated rings. The van der Waals surface area contributed by atoms with Gasteiger partial charge in [0.25, 0.3) is 5.56 Å². The molecule has 0 aliphatic carbocycles. The number of carbonyl (C=O) groups excluding carboxylic acids is 1. The van der Waals surface area contributed by atoms with Crippen LogP contribution in [0.25, 0.3) is 0 Å². The second kappa shape index (κ2) is 6.16. The van der Waals surface area contributed by atoms with E-state index >= 15 is 0 Å². The Morgan fingerprint density at radius 1 is 1.43 bits per heavy atom. The van der Waals surface area contributed by atoms with E-state index in [-0.39, 0.29) is 17.2 Å². The molecule has 7 nitrogen and oxygen atoms in total. The first-order valence-electron chi connectivity index (χ1n) is 6.04. The highest BCUT2D eigenvalue weighted by Gasteiger charge is 2.18. The van der Waals surface area contributed by atoms with Crippen LogP contribution in [0.1, 0.15) is 16.3 Å². The van der Waals surface area contributed by atoms with Crippen LogP contribution in [0.4, 0.5) is 5.13 Å². The molecule has 0 aromatic carbocycles. The van der Waals surface area contributed by atoms with Gasteiger partial charge in [0.2, 0.25) is 11.0 Å². The summed E-state index contributed by atoms with van der Waals surface area (Å²) < 4.78 is 0. The Labute approximate surface area is 132 Å². The standard InChI is InChI=1S/C11H11N5O2S3/c1-5-15-16-11(21-5)13-8(17)4-20-10-12-7-3-19-2-6(7)9(18)14-10/h2-4H2,1H3,(H,12,14,18)(H,13,16,17). The average Bonchev–Trinajstić information content (AvgIpc) is 3.06. The van der Waals surface area contributed by atoms with Crippen LogP contribution in [-0.2, 0) is 16.3 Å². The Morgan fingerprint density at radius 3 is 3.05 bits per heavy atom. The number of hydrogen-bond donors (Lipinski definition) is 2. The Bertz CT molecular complexity index is 742. The maximum absolute atomic E-state index is 11.8. The molecule has 21 heavy (non-hydrogen) atoms. The van der Waals surface area contributed by atoms with Crippen LogP contribution >= 0.6 is 34.9 Å². The number of anilines is 1. The van der Waals surface area contributed by atoms with Gasteiger partial charge in [-0.1, -0.05) is 23.1 Å². The van der Waals surface area contributed by atoms with Crippen molar-refractivity contribution < 1.29 is 4.79 Å². The van der Waals surface area contributed by atoms with Crippen LogP contribution < -0.4 is 10.9 Å². The van der Waals surface area contributed by atoms with Gasteiger partial charge in [-0.05, 0) is 6.92 Å². The predicted octanol–water partition coefficient (Wildman–Crippen LogP) is 1.41. The fourth-order valence-corrected chi connectivity index (χ4v) is 4.07. The molecule has 3 rings (SSSR count). The molecule has 0 saturated carbocycles. The molecule has 0 atom stereocenters. The van der Waals surface area contributed by atoms with Crippen molar-refractivity contribution >= 4 is 45.9 Å². The average molecular weight is 341 g/mol. The van der Waals surface area contributed by atoms with E-state index in [1.165, 1.54) is 23.1 Å². The summed E-state index contributed by atoms with van der Waals surface area (Å²) in [5, 5.41) is 12.1. The number of aromatic nitrogens is 4. The SMILES string of the molecule is Cc1nnc(NC(=O)CSc2nc3c(c(=O)[nH]2)CSC3)s1. The monoisotopic (exact) mass is 341 g/mol. The third-order valence-corrected chi connectivity index (χ3v) is 5.27. The second-order valence-electron chi connectivity index (χ2n) is 4.25. The van der Waals surface area contributed by atoms with Crippen molar-refractivity contribution in [3.05, 3.63) is 26.6 Å². The lowest BCUT2D eigenvalue weighted by Crippen LogP contribution is -2.17. The van der Waals surface area contributed by atoms with Gasteiger partial charge in [0.1, 0.15) is 5.01 Å². The predicted molar refractivity (Wildman–Crippen MR) is 83.9 cm³/mol. The fraction of sp³-hybridized carbons (Fsp3) is 0.364. The Balaban J connectivity index is 1.61. The lowest BCUT2D eigenvalue weighted by Gasteiger charge is -2.03. The van der Waals surface area contributed by atoms with Crippen LogP contribution in [0.3, 0.4) is 0 Å². The quantitative estimate of drug-likeness (QED) is 0.640. The molecule has 1 aliphatic rings. The Kier molecular flexibility index (Phi) is 4.27. The lowest BCUT2D eigenvalue weighted by atomic mass is 10.3. The number of H-pyrrole nitrogens is 1. The molecule has 1 amide bonds. The maximum Gasteiger partial charge on any atom is 0.255 e. The summed E-state index contributed by atoms with van der Waals surface area (Å²) in [6.45, 7) is 1.82. The van der Waals surface area contributed by atoms with E-state index in [1.54, 1.807) is 11.8 Å². The highest BCUT2D eigenvalue weighted by Crippen LogP contribution is 2.26. The van der Waals surface area contributed by atoms with Crippen molar-refractivity contribution in [3.63, 3.8) is 0 Å². The van der Waals surface area contributed by atoms with E-state index in [4.69, 9.17) is 0 Å². The summed E-state index contributed by atoms with van der Waals surface area (Å²) in [4.78, 5) is 30.7. The minimum atomic E-state index is -0.200. The second-order valence-corrected chi connectivity index (χ2v) is 7.38. The molecule has 2 N–H and O–H groups in total. The largest absolute Gasteiger partial charge is 0.301 e. The molecule has 10 heteroatoms. The smallest absolute Gasteiger partial charge is 0.255 e. The third-order valence-electron chi connectivity index (χ3n) is 2.68. The van der Waals surface area contributed by atoms with Gasteiger partial charge in [-0.2, -0.15) is 11.8 Å². The molecule has 2 aromatic heterocycles. The molecule has 0 radical (unpaired) electrons. The summed E-state index contributed by atoms with van der Waals surface area (Å²) in [5.74, 6) is 1.42. The summed E-state index contributed by atoms with van der Waals surface area (Å²) in [5.41, 5.74) is 1.47. The fourth-order valence-electron chi connectivity index (χ4n) is 1.74. The molecule has 110 valence electrons. The van der Waals surface area contributed by atoms with Gasteiger partial charge in [-0.25, -0.2) is 4.98 Å².